The van der Waals surface area contributed by atoms with Gasteiger partial charge in [-0.05, 0) is 52.1 Å². The SMILES string of the molecule is CCN(CC)C(C)CNC(=O)c1cccc(S(=O)(=O)N2CC(C)OC(C)C2)c1. The molecule has 0 bridgehead atoms. The van der Waals surface area contributed by atoms with Crippen LogP contribution in [0.3, 0.4) is 0 Å². The Balaban J connectivity index is 2.11. The molecule has 3 unspecified atom stereocenters. The third-order valence-electron chi connectivity index (χ3n) is 5.11. The van der Waals surface area contributed by atoms with Crippen molar-refractivity contribution in [3.05, 3.63) is 29.8 Å². The van der Waals surface area contributed by atoms with Gasteiger partial charge in [-0.15, -0.1) is 0 Å². The lowest BCUT2D eigenvalue weighted by molar-refractivity contribution is -0.0440. The lowest BCUT2D eigenvalue weighted by atomic mass is 10.2. The van der Waals surface area contributed by atoms with Crippen molar-refractivity contribution >= 4 is 15.9 Å². The second-order valence-corrected chi connectivity index (χ2v) is 9.33. The number of hydrogen-bond donors (Lipinski definition) is 1. The Kier molecular flexibility index (Phi) is 8.00. The summed E-state index contributed by atoms with van der Waals surface area (Å²) in [5.41, 5.74) is 0.349. The first-order valence-electron chi connectivity index (χ1n) is 9.96. The van der Waals surface area contributed by atoms with Gasteiger partial charge in [0.15, 0.2) is 0 Å². The molecule has 7 nitrogen and oxygen atoms in total. The molecule has 1 amide bonds. The molecule has 1 saturated heterocycles. The monoisotopic (exact) mass is 411 g/mol. The van der Waals surface area contributed by atoms with Crippen molar-refractivity contribution in [3.8, 4) is 0 Å². The van der Waals surface area contributed by atoms with E-state index in [9.17, 15) is 13.2 Å². The Morgan fingerprint density at radius 2 is 1.86 bits per heavy atom. The number of ether oxygens (including phenoxy) is 1. The van der Waals surface area contributed by atoms with E-state index < -0.39 is 10.0 Å². The van der Waals surface area contributed by atoms with Crippen molar-refractivity contribution in [2.75, 3.05) is 32.7 Å². The Bertz CT molecular complexity index is 754. The summed E-state index contributed by atoms with van der Waals surface area (Å²) >= 11 is 0. The summed E-state index contributed by atoms with van der Waals surface area (Å²) in [7, 11) is -3.67. The Morgan fingerprint density at radius 3 is 2.43 bits per heavy atom. The van der Waals surface area contributed by atoms with Crippen LogP contribution in [0.2, 0.25) is 0 Å². The molecule has 0 saturated carbocycles. The summed E-state index contributed by atoms with van der Waals surface area (Å²) in [5, 5.41) is 2.91. The van der Waals surface area contributed by atoms with Crippen LogP contribution in [0.25, 0.3) is 0 Å². The highest BCUT2D eigenvalue weighted by Gasteiger charge is 2.32. The molecule has 1 heterocycles. The van der Waals surface area contributed by atoms with Gasteiger partial charge in [0.1, 0.15) is 0 Å². The van der Waals surface area contributed by atoms with Crippen LogP contribution in [0.5, 0.6) is 0 Å². The van der Waals surface area contributed by atoms with E-state index >= 15 is 0 Å². The third-order valence-corrected chi connectivity index (χ3v) is 6.94. The van der Waals surface area contributed by atoms with Gasteiger partial charge in [0.05, 0.1) is 17.1 Å². The van der Waals surface area contributed by atoms with Crippen LogP contribution < -0.4 is 5.32 Å². The van der Waals surface area contributed by atoms with Gasteiger partial charge in [0, 0.05) is 31.2 Å². The molecular formula is C20H33N3O4S. The molecule has 0 radical (unpaired) electrons. The number of carbonyl (C=O) groups excluding carboxylic acids is 1. The number of sulfonamides is 1. The summed E-state index contributed by atoms with van der Waals surface area (Å²) in [4.78, 5) is 14.9. The number of benzene rings is 1. The maximum Gasteiger partial charge on any atom is 0.251 e. The van der Waals surface area contributed by atoms with E-state index in [1.165, 1.54) is 16.4 Å². The smallest absolute Gasteiger partial charge is 0.251 e. The van der Waals surface area contributed by atoms with Gasteiger partial charge in [-0.2, -0.15) is 4.31 Å². The van der Waals surface area contributed by atoms with E-state index in [2.05, 4.69) is 31.0 Å². The van der Waals surface area contributed by atoms with Gasteiger partial charge in [0.2, 0.25) is 10.0 Å². The lowest BCUT2D eigenvalue weighted by Crippen LogP contribution is -2.48. The molecule has 1 N–H and O–H groups in total. The molecular weight excluding hydrogens is 378 g/mol. The standard InChI is InChI=1S/C20H33N3O4S/c1-6-22(7-2)15(3)12-21-20(24)18-9-8-10-19(11-18)28(25,26)23-13-16(4)27-17(5)14-23/h8-11,15-17H,6-7,12-14H2,1-5H3,(H,21,24). The van der Waals surface area contributed by atoms with Crippen LogP contribution in [0.4, 0.5) is 0 Å². The van der Waals surface area contributed by atoms with Gasteiger partial charge in [0.25, 0.3) is 5.91 Å². The molecule has 1 aliphatic rings. The van der Waals surface area contributed by atoms with Crippen molar-refractivity contribution in [1.82, 2.24) is 14.5 Å². The maximum atomic E-state index is 13.0. The van der Waals surface area contributed by atoms with Crippen LogP contribution in [-0.2, 0) is 14.8 Å². The Morgan fingerprint density at radius 1 is 1.25 bits per heavy atom. The first kappa shape index (κ1) is 22.8. The van der Waals surface area contributed by atoms with Crippen LogP contribution in [-0.4, -0.2) is 74.5 Å². The molecule has 3 atom stereocenters. The second kappa shape index (κ2) is 9.82. The fourth-order valence-electron chi connectivity index (χ4n) is 3.59. The van der Waals surface area contributed by atoms with Gasteiger partial charge in [-0.1, -0.05) is 19.9 Å². The minimum atomic E-state index is -3.67. The maximum absolute atomic E-state index is 13.0. The largest absolute Gasteiger partial charge is 0.373 e. The number of hydrogen-bond acceptors (Lipinski definition) is 5. The molecule has 0 aromatic heterocycles. The van der Waals surface area contributed by atoms with Crippen LogP contribution in [0.15, 0.2) is 29.2 Å². The summed E-state index contributed by atoms with van der Waals surface area (Å²) in [5.74, 6) is -0.264. The first-order valence-corrected chi connectivity index (χ1v) is 11.4. The van der Waals surface area contributed by atoms with Crippen LogP contribution >= 0.6 is 0 Å². The van der Waals surface area contributed by atoms with Crippen molar-refractivity contribution in [1.29, 1.82) is 0 Å². The van der Waals surface area contributed by atoms with Gasteiger partial charge in [-0.3, -0.25) is 9.69 Å². The number of morpholine rings is 1. The molecule has 1 aromatic carbocycles. The molecule has 1 aromatic rings. The zero-order valence-electron chi connectivity index (χ0n) is 17.5. The van der Waals surface area contributed by atoms with E-state index in [0.717, 1.165) is 13.1 Å². The minimum absolute atomic E-state index is 0.137. The number of nitrogens with zero attached hydrogens (tertiary/aromatic N) is 2. The van der Waals surface area contributed by atoms with Crippen LogP contribution in [0.1, 0.15) is 45.0 Å². The van der Waals surface area contributed by atoms with E-state index in [1.54, 1.807) is 12.1 Å². The average molecular weight is 412 g/mol. The van der Waals surface area contributed by atoms with Crippen molar-refractivity contribution < 1.29 is 17.9 Å². The third kappa shape index (κ3) is 5.53. The summed E-state index contributed by atoms with van der Waals surface area (Å²) in [6, 6.07) is 6.46. The molecule has 1 aliphatic heterocycles. The Hall–Kier alpha value is -1.48. The zero-order valence-corrected chi connectivity index (χ0v) is 18.3. The summed E-state index contributed by atoms with van der Waals surface area (Å²) < 4.78 is 33.1. The second-order valence-electron chi connectivity index (χ2n) is 7.39. The molecule has 28 heavy (non-hydrogen) atoms. The summed E-state index contributed by atoms with van der Waals surface area (Å²) in [6.07, 6.45) is -0.321. The highest BCUT2D eigenvalue weighted by atomic mass is 32.2. The van der Waals surface area contributed by atoms with E-state index in [4.69, 9.17) is 4.74 Å². The minimum Gasteiger partial charge on any atom is -0.373 e. The van der Waals surface area contributed by atoms with Crippen LogP contribution in [0, 0.1) is 0 Å². The van der Waals surface area contributed by atoms with Crippen molar-refractivity contribution in [2.24, 2.45) is 0 Å². The first-order chi connectivity index (χ1) is 13.2. The summed E-state index contributed by atoms with van der Waals surface area (Å²) in [6.45, 7) is 12.9. The number of rotatable bonds is 8. The molecule has 0 spiro atoms. The predicted octanol–water partition coefficient (Wildman–Crippen LogP) is 1.94. The highest BCUT2D eigenvalue weighted by molar-refractivity contribution is 7.89. The topological polar surface area (TPSA) is 79.0 Å². The molecule has 0 aliphatic carbocycles. The molecule has 1 fully saturated rings. The highest BCUT2D eigenvalue weighted by Crippen LogP contribution is 2.22. The average Bonchev–Trinajstić information content (AvgIpc) is 2.66. The number of carbonyl (C=O) groups is 1. The molecule has 158 valence electrons. The fraction of sp³-hybridized carbons (Fsp3) is 0.650. The van der Waals surface area contributed by atoms with Crippen molar-refractivity contribution in [3.63, 3.8) is 0 Å². The number of amides is 1. The van der Waals surface area contributed by atoms with E-state index in [1.807, 2.05) is 13.8 Å². The number of likely N-dealkylation sites (N-methyl/N-ethyl adjacent to an activating group) is 1. The molecule has 2 rings (SSSR count). The predicted molar refractivity (Wildman–Crippen MR) is 110 cm³/mol. The van der Waals surface area contributed by atoms with E-state index in [0.29, 0.717) is 25.2 Å². The number of nitrogens with one attached hydrogen (secondary N) is 1. The zero-order chi connectivity index (χ0) is 20.9. The molecule has 8 heteroatoms. The lowest BCUT2D eigenvalue weighted by Gasteiger charge is -2.34. The van der Waals surface area contributed by atoms with E-state index in [-0.39, 0.29) is 29.1 Å². The quantitative estimate of drug-likeness (QED) is 0.707. The van der Waals surface area contributed by atoms with Gasteiger partial charge >= 0.3 is 0 Å². The van der Waals surface area contributed by atoms with Gasteiger partial charge in [-0.25, -0.2) is 8.42 Å². The fourth-order valence-corrected chi connectivity index (χ4v) is 5.23. The Labute approximate surface area is 169 Å². The normalized spacial score (nSPS) is 22.2. The van der Waals surface area contributed by atoms with Crippen molar-refractivity contribution in [2.45, 2.75) is 57.8 Å². The van der Waals surface area contributed by atoms with Gasteiger partial charge < -0.3 is 10.1 Å².